The summed E-state index contributed by atoms with van der Waals surface area (Å²) in [6.45, 7) is 1.70. The van der Waals surface area contributed by atoms with E-state index in [1.165, 1.54) is 25.3 Å². The molecule has 2 N–H and O–H groups in total. The second-order valence-electron chi connectivity index (χ2n) is 7.11. The Balaban J connectivity index is 1.89. The third kappa shape index (κ3) is 5.68. The number of aryl methyl sites for hydroxylation is 1. The Morgan fingerprint density at radius 2 is 1.75 bits per heavy atom. The van der Waals surface area contributed by atoms with Gasteiger partial charge in [-0.1, -0.05) is 30.3 Å². The van der Waals surface area contributed by atoms with E-state index in [4.69, 9.17) is 4.74 Å². The standard InChI is InChI=1S/C23H22F2N2O4S/c1-15-12-18(9-11-22(15)31-2)32(29,30)27-21(13-16-6-4-3-5-7-16)23(28)26-20-10-8-17(24)14-19(20)25/h3-12,14,21,27H,13H2,1-2H3,(H,26,28)/t21-/m1/s1. The summed E-state index contributed by atoms with van der Waals surface area (Å²) >= 11 is 0. The van der Waals surface area contributed by atoms with Crippen LogP contribution >= 0.6 is 0 Å². The van der Waals surface area contributed by atoms with Crippen LogP contribution in [0.5, 0.6) is 5.75 Å². The maximum Gasteiger partial charge on any atom is 0.242 e. The van der Waals surface area contributed by atoms with Crippen molar-refractivity contribution >= 4 is 21.6 Å². The highest BCUT2D eigenvalue weighted by Gasteiger charge is 2.27. The Morgan fingerprint density at radius 3 is 2.38 bits per heavy atom. The average Bonchev–Trinajstić information content (AvgIpc) is 2.75. The lowest BCUT2D eigenvalue weighted by Crippen LogP contribution is -2.45. The lowest BCUT2D eigenvalue weighted by Gasteiger charge is -2.19. The molecule has 0 aromatic heterocycles. The highest BCUT2D eigenvalue weighted by Crippen LogP contribution is 2.22. The molecule has 0 aliphatic rings. The maximum atomic E-state index is 14.0. The molecule has 9 heteroatoms. The molecule has 0 saturated heterocycles. The van der Waals surface area contributed by atoms with E-state index >= 15 is 0 Å². The number of sulfonamides is 1. The number of carbonyl (C=O) groups is 1. The number of carbonyl (C=O) groups excluding carboxylic acids is 1. The number of hydrogen-bond acceptors (Lipinski definition) is 4. The predicted octanol–water partition coefficient (Wildman–Crippen LogP) is 3.81. The number of benzene rings is 3. The third-order valence-corrected chi connectivity index (χ3v) is 6.23. The zero-order valence-electron chi connectivity index (χ0n) is 17.4. The summed E-state index contributed by atoms with van der Waals surface area (Å²) in [5.74, 6) is -2.02. The molecule has 3 rings (SSSR count). The molecule has 0 aliphatic heterocycles. The molecule has 0 bridgehead atoms. The van der Waals surface area contributed by atoms with Crippen LogP contribution < -0.4 is 14.8 Å². The zero-order chi connectivity index (χ0) is 23.3. The van der Waals surface area contributed by atoms with Gasteiger partial charge in [0.1, 0.15) is 23.4 Å². The van der Waals surface area contributed by atoms with Crippen molar-refractivity contribution in [2.75, 3.05) is 12.4 Å². The fraction of sp³-hybridized carbons (Fsp3) is 0.174. The van der Waals surface area contributed by atoms with Crippen molar-refractivity contribution in [3.63, 3.8) is 0 Å². The van der Waals surface area contributed by atoms with Crippen molar-refractivity contribution in [3.05, 3.63) is 89.5 Å². The second-order valence-corrected chi connectivity index (χ2v) is 8.82. The van der Waals surface area contributed by atoms with Gasteiger partial charge in [-0.25, -0.2) is 17.2 Å². The van der Waals surface area contributed by atoms with Crippen LogP contribution in [0.2, 0.25) is 0 Å². The topological polar surface area (TPSA) is 84.5 Å². The SMILES string of the molecule is COc1ccc(S(=O)(=O)N[C@H](Cc2ccccc2)C(=O)Nc2ccc(F)cc2F)cc1C. The first-order chi connectivity index (χ1) is 15.2. The molecule has 0 fully saturated rings. The fourth-order valence-corrected chi connectivity index (χ4v) is 4.40. The van der Waals surface area contributed by atoms with Crippen LogP contribution in [-0.4, -0.2) is 27.5 Å². The molecular formula is C23H22F2N2O4S. The van der Waals surface area contributed by atoms with Crippen LogP contribution in [0.15, 0.2) is 71.6 Å². The van der Waals surface area contributed by atoms with Gasteiger partial charge in [0.2, 0.25) is 15.9 Å². The van der Waals surface area contributed by atoms with Crippen LogP contribution in [-0.2, 0) is 21.2 Å². The summed E-state index contributed by atoms with van der Waals surface area (Å²) in [4.78, 5) is 12.9. The quantitative estimate of drug-likeness (QED) is 0.536. The van der Waals surface area contributed by atoms with Gasteiger partial charge in [0.25, 0.3) is 0 Å². The smallest absolute Gasteiger partial charge is 0.242 e. The number of rotatable bonds is 8. The summed E-state index contributed by atoms with van der Waals surface area (Å²) in [5, 5.41) is 2.33. The Hall–Kier alpha value is -3.30. The van der Waals surface area contributed by atoms with E-state index in [-0.39, 0.29) is 17.0 Å². The summed E-state index contributed by atoms with van der Waals surface area (Å²) in [5.41, 5.74) is 1.04. The average molecular weight is 461 g/mol. The van der Waals surface area contributed by atoms with E-state index in [0.29, 0.717) is 22.9 Å². The van der Waals surface area contributed by atoms with Gasteiger partial charge in [0.05, 0.1) is 17.7 Å². The number of anilines is 1. The first-order valence-electron chi connectivity index (χ1n) is 9.66. The van der Waals surface area contributed by atoms with Crippen LogP contribution in [0.25, 0.3) is 0 Å². The molecule has 3 aromatic carbocycles. The van der Waals surface area contributed by atoms with E-state index in [1.807, 2.05) is 0 Å². The minimum Gasteiger partial charge on any atom is -0.496 e. The number of amides is 1. The zero-order valence-corrected chi connectivity index (χ0v) is 18.2. The van der Waals surface area contributed by atoms with Gasteiger partial charge < -0.3 is 10.1 Å². The minimum absolute atomic E-state index is 0.0177. The Labute approximate surface area is 185 Å². The normalized spacial score (nSPS) is 12.2. The number of hydrogen-bond donors (Lipinski definition) is 2. The third-order valence-electron chi connectivity index (χ3n) is 4.76. The number of methoxy groups -OCH3 is 1. The summed E-state index contributed by atoms with van der Waals surface area (Å²) in [6.07, 6.45) is 0.0177. The summed E-state index contributed by atoms with van der Waals surface area (Å²) in [7, 11) is -2.63. The van der Waals surface area contributed by atoms with Crippen LogP contribution in [0.1, 0.15) is 11.1 Å². The molecule has 0 spiro atoms. The molecule has 0 heterocycles. The van der Waals surface area contributed by atoms with E-state index in [1.54, 1.807) is 37.3 Å². The molecule has 32 heavy (non-hydrogen) atoms. The molecule has 0 unspecified atom stereocenters. The highest BCUT2D eigenvalue weighted by atomic mass is 32.2. The highest BCUT2D eigenvalue weighted by molar-refractivity contribution is 7.89. The summed E-state index contributed by atoms with van der Waals surface area (Å²) < 4.78 is 60.7. The predicted molar refractivity (Wildman–Crippen MR) is 117 cm³/mol. The van der Waals surface area contributed by atoms with E-state index in [2.05, 4.69) is 10.0 Å². The van der Waals surface area contributed by atoms with Crippen LogP contribution in [0, 0.1) is 18.6 Å². The molecule has 6 nitrogen and oxygen atoms in total. The van der Waals surface area contributed by atoms with Crippen molar-refractivity contribution in [2.24, 2.45) is 0 Å². The van der Waals surface area contributed by atoms with Crippen LogP contribution in [0.4, 0.5) is 14.5 Å². The number of halogens is 2. The van der Waals surface area contributed by atoms with Gasteiger partial charge in [-0.15, -0.1) is 0 Å². The fourth-order valence-electron chi connectivity index (χ4n) is 3.12. The lowest BCUT2D eigenvalue weighted by molar-refractivity contribution is -0.117. The minimum atomic E-state index is -4.10. The van der Waals surface area contributed by atoms with Crippen molar-refractivity contribution in [1.82, 2.24) is 4.72 Å². The van der Waals surface area contributed by atoms with Crippen molar-refractivity contribution < 1.29 is 26.7 Å². The Bertz CT molecular complexity index is 1220. The van der Waals surface area contributed by atoms with E-state index < -0.39 is 33.6 Å². The second kappa shape index (κ2) is 9.88. The van der Waals surface area contributed by atoms with Crippen molar-refractivity contribution in [2.45, 2.75) is 24.3 Å². The van der Waals surface area contributed by atoms with Gasteiger partial charge in [0.15, 0.2) is 0 Å². The van der Waals surface area contributed by atoms with Crippen LogP contribution in [0.3, 0.4) is 0 Å². The number of nitrogens with one attached hydrogen (secondary N) is 2. The molecule has 0 radical (unpaired) electrons. The molecule has 0 saturated carbocycles. The van der Waals surface area contributed by atoms with Gasteiger partial charge in [0, 0.05) is 6.07 Å². The monoisotopic (exact) mass is 460 g/mol. The maximum absolute atomic E-state index is 14.0. The van der Waals surface area contributed by atoms with Gasteiger partial charge in [-0.05, 0) is 54.8 Å². The van der Waals surface area contributed by atoms with Crippen molar-refractivity contribution in [1.29, 1.82) is 0 Å². The molecule has 1 amide bonds. The molecular weight excluding hydrogens is 438 g/mol. The molecule has 0 aliphatic carbocycles. The largest absolute Gasteiger partial charge is 0.496 e. The molecule has 1 atom stereocenters. The first kappa shape index (κ1) is 23.4. The van der Waals surface area contributed by atoms with E-state index in [9.17, 15) is 22.0 Å². The lowest BCUT2D eigenvalue weighted by atomic mass is 10.1. The van der Waals surface area contributed by atoms with Gasteiger partial charge in [-0.3, -0.25) is 4.79 Å². The van der Waals surface area contributed by atoms with Gasteiger partial charge in [-0.2, -0.15) is 4.72 Å². The van der Waals surface area contributed by atoms with E-state index in [0.717, 1.165) is 12.1 Å². The van der Waals surface area contributed by atoms with Crippen molar-refractivity contribution in [3.8, 4) is 5.75 Å². The Morgan fingerprint density at radius 1 is 1.03 bits per heavy atom. The Kier molecular flexibility index (Phi) is 7.22. The number of ether oxygens (including phenoxy) is 1. The van der Waals surface area contributed by atoms with Gasteiger partial charge >= 0.3 is 0 Å². The first-order valence-corrected chi connectivity index (χ1v) is 11.1. The summed E-state index contributed by atoms with van der Waals surface area (Å²) in [6, 6.07) is 14.5. The molecule has 168 valence electrons. The molecule has 3 aromatic rings.